The summed E-state index contributed by atoms with van der Waals surface area (Å²) in [5, 5.41) is 4.09. The van der Waals surface area contributed by atoms with Crippen molar-refractivity contribution in [1.29, 1.82) is 0 Å². The van der Waals surface area contributed by atoms with Crippen molar-refractivity contribution >= 4 is 55.6 Å². The average molecular weight is 554 g/mol. The van der Waals surface area contributed by atoms with Gasteiger partial charge in [-0.25, -0.2) is 10.4 Å². The molecule has 0 spiro atoms. The zero-order chi connectivity index (χ0) is 21.5. The maximum atomic E-state index is 12.1. The molecular weight excluding hydrogens is 538 g/mol. The highest BCUT2D eigenvalue weighted by atomic mass is 79.9. The topological polar surface area (TPSA) is 72.8 Å². The molecule has 3 aromatic rings. The number of carbonyl (C=O) groups is 1. The lowest BCUT2D eigenvalue weighted by molar-refractivity contribution is 0.0955. The summed E-state index contributed by atoms with van der Waals surface area (Å²) in [6, 6.07) is 14.6. The highest BCUT2D eigenvalue weighted by molar-refractivity contribution is 9.10. The van der Waals surface area contributed by atoms with E-state index in [4.69, 9.17) is 21.1 Å². The van der Waals surface area contributed by atoms with Gasteiger partial charge in [0.1, 0.15) is 11.8 Å². The first-order valence-electron chi connectivity index (χ1n) is 8.66. The molecule has 0 unspecified atom stereocenters. The number of hydrazone groups is 1. The lowest BCUT2D eigenvalue weighted by atomic mass is 10.2. The highest BCUT2D eigenvalue weighted by Gasteiger charge is 2.12. The fourth-order valence-corrected chi connectivity index (χ4v) is 3.52. The van der Waals surface area contributed by atoms with Crippen LogP contribution in [0.3, 0.4) is 0 Å². The number of halogens is 3. The molecule has 0 aliphatic heterocycles. The minimum absolute atomic E-state index is 0.113. The summed E-state index contributed by atoms with van der Waals surface area (Å²) >= 11 is 12.8. The zero-order valence-electron chi connectivity index (χ0n) is 15.7. The van der Waals surface area contributed by atoms with E-state index < -0.39 is 5.91 Å². The molecular formula is C21H16Br2ClN3O3. The molecule has 2 aromatic carbocycles. The fourth-order valence-electron chi connectivity index (χ4n) is 2.47. The van der Waals surface area contributed by atoms with E-state index in [-0.39, 0.29) is 10.7 Å². The first-order valence-corrected chi connectivity index (χ1v) is 10.6. The van der Waals surface area contributed by atoms with Crippen LogP contribution in [0.15, 0.2) is 68.8 Å². The standard InChI is InChI=1S/C21H16Br2ClN3O3/c1-29-18-10-14(11-26-27-21(28)16-3-2-8-25-20(16)24)9-17(23)19(18)30-12-13-4-6-15(22)7-5-13/h2-11H,12H2,1H3,(H,27,28). The summed E-state index contributed by atoms with van der Waals surface area (Å²) in [6.45, 7) is 0.387. The minimum Gasteiger partial charge on any atom is -0.493 e. The monoisotopic (exact) mass is 551 g/mol. The van der Waals surface area contributed by atoms with E-state index in [1.54, 1.807) is 25.3 Å². The van der Waals surface area contributed by atoms with Gasteiger partial charge in [0.25, 0.3) is 5.91 Å². The predicted molar refractivity (Wildman–Crippen MR) is 123 cm³/mol. The number of amides is 1. The molecule has 30 heavy (non-hydrogen) atoms. The van der Waals surface area contributed by atoms with Crippen LogP contribution in [0.25, 0.3) is 0 Å². The van der Waals surface area contributed by atoms with Gasteiger partial charge in [-0.2, -0.15) is 5.10 Å². The van der Waals surface area contributed by atoms with Gasteiger partial charge in [-0.3, -0.25) is 4.79 Å². The van der Waals surface area contributed by atoms with Crippen LogP contribution in [0.2, 0.25) is 5.15 Å². The average Bonchev–Trinajstić information content (AvgIpc) is 2.74. The van der Waals surface area contributed by atoms with Crippen LogP contribution >= 0.6 is 43.5 Å². The molecule has 0 fully saturated rings. The Morgan fingerprint density at radius 1 is 1.23 bits per heavy atom. The summed E-state index contributed by atoms with van der Waals surface area (Å²) in [4.78, 5) is 16.0. The normalized spacial score (nSPS) is 10.8. The molecule has 0 saturated heterocycles. The number of rotatable bonds is 7. The lowest BCUT2D eigenvalue weighted by Crippen LogP contribution is -2.18. The lowest BCUT2D eigenvalue weighted by Gasteiger charge is -2.13. The number of ether oxygens (including phenoxy) is 2. The largest absolute Gasteiger partial charge is 0.493 e. The smallest absolute Gasteiger partial charge is 0.274 e. The van der Waals surface area contributed by atoms with E-state index in [1.807, 2.05) is 30.3 Å². The van der Waals surface area contributed by atoms with E-state index >= 15 is 0 Å². The van der Waals surface area contributed by atoms with Gasteiger partial charge < -0.3 is 9.47 Å². The summed E-state index contributed by atoms with van der Waals surface area (Å²) < 4.78 is 13.1. The van der Waals surface area contributed by atoms with Crippen molar-refractivity contribution in [2.75, 3.05) is 7.11 Å². The Bertz CT molecular complexity index is 1080. The molecule has 9 heteroatoms. The molecule has 0 aliphatic rings. The van der Waals surface area contributed by atoms with Gasteiger partial charge in [-0.05, 0) is 63.5 Å². The Balaban J connectivity index is 1.70. The molecule has 3 rings (SSSR count). The number of carbonyl (C=O) groups excluding carboxylic acids is 1. The number of aromatic nitrogens is 1. The number of hydrogen-bond donors (Lipinski definition) is 1. The molecule has 6 nitrogen and oxygen atoms in total. The molecule has 1 N–H and O–H groups in total. The summed E-state index contributed by atoms with van der Waals surface area (Å²) in [7, 11) is 1.56. The molecule has 154 valence electrons. The first kappa shape index (κ1) is 22.3. The van der Waals surface area contributed by atoms with Gasteiger partial charge in [0.15, 0.2) is 11.5 Å². The predicted octanol–water partition coefficient (Wildman–Crippen LogP) is 5.61. The van der Waals surface area contributed by atoms with E-state index in [0.717, 1.165) is 10.0 Å². The highest BCUT2D eigenvalue weighted by Crippen LogP contribution is 2.37. The summed E-state index contributed by atoms with van der Waals surface area (Å²) in [6.07, 6.45) is 3.00. The molecule has 1 aromatic heterocycles. The van der Waals surface area contributed by atoms with Gasteiger partial charge in [0.05, 0.1) is 23.4 Å². The van der Waals surface area contributed by atoms with Crippen molar-refractivity contribution in [3.63, 3.8) is 0 Å². The van der Waals surface area contributed by atoms with Crippen LogP contribution in [0.5, 0.6) is 11.5 Å². The van der Waals surface area contributed by atoms with E-state index in [0.29, 0.717) is 28.1 Å². The minimum atomic E-state index is -0.454. The zero-order valence-corrected chi connectivity index (χ0v) is 19.7. The maximum absolute atomic E-state index is 12.1. The van der Waals surface area contributed by atoms with Gasteiger partial charge in [-0.15, -0.1) is 0 Å². The van der Waals surface area contributed by atoms with Crippen LogP contribution in [-0.2, 0) is 6.61 Å². The van der Waals surface area contributed by atoms with E-state index in [1.165, 1.54) is 12.4 Å². The molecule has 0 radical (unpaired) electrons. The van der Waals surface area contributed by atoms with Crippen LogP contribution in [0, 0.1) is 0 Å². The number of methoxy groups -OCH3 is 1. The molecule has 0 saturated carbocycles. The quantitative estimate of drug-likeness (QED) is 0.235. The third kappa shape index (κ3) is 5.81. The Labute approximate surface area is 195 Å². The van der Waals surface area contributed by atoms with Crippen LogP contribution in [0.4, 0.5) is 0 Å². The Morgan fingerprint density at radius 2 is 2.00 bits per heavy atom. The second-order valence-electron chi connectivity index (χ2n) is 5.99. The molecule has 0 atom stereocenters. The Hall–Kier alpha value is -2.42. The van der Waals surface area contributed by atoms with Crippen LogP contribution in [-0.4, -0.2) is 24.2 Å². The number of pyridine rings is 1. The Morgan fingerprint density at radius 3 is 2.70 bits per heavy atom. The van der Waals surface area contributed by atoms with Gasteiger partial charge in [0.2, 0.25) is 0 Å². The molecule has 1 heterocycles. The maximum Gasteiger partial charge on any atom is 0.274 e. The van der Waals surface area contributed by atoms with Gasteiger partial charge >= 0.3 is 0 Å². The van der Waals surface area contributed by atoms with Crippen LogP contribution < -0.4 is 14.9 Å². The number of nitrogens with zero attached hydrogens (tertiary/aromatic N) is 2. The van der Waals surface area contributed by atoms with Crippen molar-refractivity contribution in [3.8, 4) is 11.5 Å². The van der Waals surface area contributed by atoms with Crippen molar-refractivity contribution in [2.45, 2.75) is 6.61 Å². The van der Waals surface area contributed by atoms with Crippen molar-refractivity contribution in [3.05, 3.63) is 85.5 Å². The molecule has 0 bridgehead atoms. The van der Waals surface area contributed by atoms with Crippen LogP contribution in [0.1, 0.15) is 21.5 Å². The Kier molecular flexibility index (Phi) is 7.84. The van der Waals surface area contributed by atoms with E-state index in [2.05, 4.69) is 47.4 Å². The molecule has 1 amide bonds. The third-order valence-electron chi connectivity index (χ3n) is 3.93. The fraction of sp³-hybridized carbons (Fsp3) is 0.0952. The van der Waals surface area contributed by atoms with E-state index in [9.17, 15) is 4.79 Å². The number of nitrogens with one attached hydrogen (secondary N) is 1. The summed E-state index contributed by atoms with van der Waals surface area (Å²) in [5.41, 5.74) is 4.39. The number of benzene rings is 2. The van der Waals surface area contributed by atoms with Crippen molar-refractivity contribution in [1.82, 2.24) is 10.4 Å². The third-order valence-corrected chi connectivity index (χ3v) is 5.35. The summed E-state index contributed by atoms with van der Waals surface area (Å²) in [5.74, 6) is 0.651. The van der Waals surface area contributed by atoms with Crippen molar-refractivity contribution in [2.24, 2.45) is 5.10 Å². The number of hydrogen-bond acceptors (Lipinski definition) is 5. The van der Waals surface area contributed by atoms with Gasteiger partial charge in [-0.1, -0.05) is 39.7 Å². The van der Waals surface area contributed by atoms with Gasteiger partial charge in [0, 0.05) is 10.7 Å². The van der Waals surface area contributed by atoms with Crippen molar-refractivity contribution < 1.29 is 14.3 Å². The second-order valence-corrected chi connectivity index (χ2v) is 8.12. The first-order chi connectivity index (χ1) is 14.5. The molecule has 0 aliphatic carbocycles. The SMILES string of the molecule is COc1cc(C=NNC(=O)c2cccnc2Cl)cc(Br)c1OCc1ccc(Br)cc1. The second kappa shape index (κ2) is 10.6.